The Kier molecular flexibility index (Phi) is 8.10. The lowest BCUT2D eigenvalue weighted by molar-refractivity contribution is -0.384. The van der Waals surface area contributed by atoms with Gasteiger partial charge >= 0.3 is 0 Å². The molecule has 0 fully saturated rings. The van der Waals surface area contributed by atoms with Gasteiger partial charge in [0, 0.05) is 28.3 Å². The second-order valence-corrected chi connectivity index (χ2v) is 11.6. The number of ketones is 1. The molecule has 1 unspecified atom stereocenters. The summed E-state index contributed by atoms with van der Waals surface area (Å²) in [5, 5.41) is 22.6. The second kappa shape index (κ2) is 11.7. The van der Waals surface area contributed by atoms with Gasteiger partial charge in [-0.25, -0.2) is 0 Å². The summed E-state index contributed by atoms with van der Waals surface area (Å²) in [7, 11) is 1.44. The van der Waals surface area contributed by atoms with Crippen LogP contribution >= 0.6 is 11.8 Å². The van der Waals surface area contributed by atoms with Crippen LogP contribution in [0.1, 0.15) is 53.0 Å². The fourth-order valence-corrected chi connectivity index (χ4v) is 7.01. The van der Waals surface area contributed by atoms with Crippen molar-refractivity contribution in [3.8, 4) is 11.8 Å². The fraction of sp³-hybridized carbons (Fsp3) is 0.273. The highest BCUT2D eigenvalue weighted by atomic mass is 32.2. The molecule has 0 saturated heterocycles. The van der Waals surface area contributed by atoms with Crippen molar-refractivity contribution in [3.63, 3.8) is 0 Å². The van der Waals surface area contributed by atoms with Crippen LogP contribution in [0.2, 0.25) is 0 Å². The molecule has 0 aromatic heterocycles. The standard InChI is InChI=1S/C33H32N4O4S/c1-19-14-22(18-42-30-11-6-5-8-20(30)2)21(3)24(15-19)31-25(17-34)33(35)36(27-9-7-10-29(38)32(27)31)26-13-12-23(41-4)16-28(26)37(39)40/h5-6,8,11-16,31H,7,9-10,18,35H2,1-4H3. The molecule has 214 valence electrons. The summed E-state index contributed by atoms with van der Waals surface area (Å²) < 4.78 is 5.22. The third-order valence-corrected chi connectivity index (χ3v) is 9.25. The van der Waals surface area contributed by atoms with Gasteiger partial charge < -0.3 is 10.5 Å². The van der Waals surface area contributed by atoms with Gasteiger partial charge in [0.25, 0.3) is 5.69 Å². The van der Waals surface area contributed by atoms with Crippen LogP contribution in [0.25, 0.3) is 0 Å². The van der Waals surface area contributed by atoms with Crippen LogP contribution in [-0.2, 0) is 10.5 Å². The minimum Gasteiger partial charge on any atom is -0.496 e. The smallest absolute Gasteiger partial charge is 0.296 e. The van der Waals surface area contributed by atoms with E-state index >= 15 is 0 Å². The third kappa shape index (κ3) is 5.14. The molecule has 0 bridgehead atoms. The number of methoxy groups -OCH3 is 1. The number of aryl methyl sites for hydroxylation is 2. The van der Waals surface area contributed by atoms with Gasteiger partial charge in [-0.3, -0.25) is 19.8 Å². The highest BCUT2D eigenvalue weighted by Gasteiger charge is 2.42. The van der Waals surface area contributed by atoms with Gasteiger partial charge in [0.15, 0.2) is 5.78 Å². The van der Waals surface area contributed by atoms with E-state index in [-0.39, 0.29) is 28.6 Å². The monoisotopic (exact) mass is 580 g/mol. The molecule has 2 aliphatic rings. The molecule has 8 nitrogen and oxygen atoms in total. The van der Waals surface area contributed by atoms with Crippen LogP contribution < -0.4 is 15.4 Å². The molecular weight excluding hydrogens is 548 g/mol. The van der Waals surface area contributed by atoms with Gasteiger partial charge in [0.1, 0.15) is 17.3 Å². The number of thioether (sulfide) groups is 1. The summed E-state index contributed by atoms with van der Waals surface area (Å²) in [4.78, 5) is 28.0. The lowest BCUT2D eigenvalue weighted by Crippen LogP contribution is -2.39. The molecule has 9 heteroatoms. The Hall–Kier alpha value is -4.55. The lowest BCUT2D eigenvalue weighted by Gasteiger charge is -2.40. The Morgan fingerprint density at radius 2 is 1.90 bits per heavy atom. The van der Waals surface area contributed by atoms with Crippen LogP contribution in [0.5, 0.6) is 5.75 Å². The lowest BCUT2D eigenvalue weighted by atomic mass is 9.73. The quantitative estimate of drug-likeness (QED) is 0.178. The number of hydrogen-bond donors (Lipinski definition) is 1. The number of nitro benzene ring substituents is 1. The summed E-state index contributed by atoms with van der Waals surface area (Å²) in [5.41, 5.74) is 13.2. The van der Waals surface area contributed by atoms with Gasteiger partial charge in [-0.2, -0.15) is 5.26 Å². The third-order valence-electron chi connectivity index (χ3n) is 8.02. The number of Topliss-reactive ketones (excluding diaryl/α,β-unsaturated/α-hetero) is 1. The van der Waals surface area contributed by atoms with Gasteiger partial charge in [-0.1, -0.05) is 35.9 Å². The number of hydrogen-bond acceptors (Lipinski definition) is 8. The van der Waals surface area contributed by atoms with Crippen molar-refractivity contribution in [1.82, 2.24) is 0 Å². The van der Waals surface area contributed by atoms with E-state index in [2.05, 4.69) is 31.2 Å². The molecule has 5 rings (SSSR count). The van der Waals surface area contributed by atoms with E-state index in [0.29, 0.717) is 36.3 Å². The first kappa shape index (κ1) is 29.0. The summed E-state index contributed by atoms with van der Waals surface area (Å²) in [5.74, 6) is 0.418. The molecule has 3 aromatic carbocycles. The maximum atomic E-state index is 13.7. The first-order valence-electron chi connectivity index (χ1n) is 13.7. The number of anilines is 1. The van der Waals surface area contributed by atoms with Crippen LogP contribution in [0.4, 0.5) is 11.4 Å². The number of benzene rings is 3. The van der Waals surface area contributed by atoms with Crippen LogP contribution in [0.15, 0.2) is 82.2 Å². The summed E-state index contributed by atoms with van der Waals surface area (Å²) in [6, 6.07) is 19.2. The summed E-state index contributed by atoms with van der Waals surface area (Å²) >= 11 is 1.75. The molecule has 0 amide bonds. The average molecular weight is 581 g/mol. The second-order valence-electron chi connectivity index (χ2n) is 10.6. The molecular formula is C33H32N4O4S. The number of nitro groups is 1. The highest BCUT2D eigenvalue weighted by molar-refractivity contribution is 7.98. The van der Waals surface area contributed by atoms with E-state index in [1.165, 1.54) is 23.6 Å². The van der Waals surface area contributed by atoms with Gasteiger partial charge in [0.05, 0.1) is 35.7 Å². The maximum Gasteiger partial charge on any atom is 0.296 e. The predicted octanol–water partition coefficient (Wildman–Crippen LogP) is 7.13. The van der Waals surface area contributed by atoms with E-state index in [1.807, 2.05) is 32.0 Å². The van der Waals surface area contributed by atoms with E-state index < -0.39 is 10.8 Å². The van der Waals surface area contributed by atoms with E-state index in [9.17, 15) is 20.2 Å². The first-order chi connectivity index (χ1) is 20.2. The Balaban J connectivity index is 1.68. The number of carbonyl (C=O) groups excluding carboxylic acids is 1. The minimum absolute atomic E-state index is 0.0700. The SMILES string of the molecule is COc1ccc(N2C(N)=C(C#N)C(c3cc(C)cc(CSc4ccccc4C)c3C)C3=C2CCCC3=O)c([N+](=O)[O-])c1. The molecule has 1 aliphatic carbocycles. The number of nitrogens with zero attached hydrogens (tertiary/aromatic N) is 3. The zero-order valence-electron chi connectivity index (χ0n) is 24.1. The Morgan fingerprint density at radius 1 is 1.14 bits per heavy atom. The molecule has 0 radical (unpaired) electrons. The molecule has 0 spiro atoms. The number of carbonyl (C=O) groups is 1. The van der Waals surface area contributed by atoms with Crippen molar-refractivity contribution in [2.24, 2.45) is 5.73 Å². The van der Waals surface area contributed by atoms with Crippen LogP contribution in [0.3, 0.4) is 0 Å². The first-order valence-corrected chi connectivity index (χ1v) is 14.7. The average Bonchev–Trinajstić information content (AvgIpc) is 2.97. The normalized spacial score (nSPS) is 16.8. The highest BCUT2D eigenvalue weighted by Crippen LogP contribution is 2.49. The summed E-state index contributed by atoms with van der Waals surface area (Å²) in [6.07, 6.45) is 1.43. The molecule has 1 aliphatic heterocycles. The van der Waals surface area contributed by atoms with Crippen LogP contribution in [-0.4, -0.2) is 17.8 Å². The van der Waals surface area contributed by atoms with Gasteiger partial charge in [-0.05, 0) is 74.1 Å². The molecule has 2 N–H and O–H groups in total. The van der Waals surface area contributed by atoms with Crippen molar-refractivity contribution in [2.45, 2.75) is 56.6 Å². The van der Waals surface area contributed by atoms with Crippen molar-refractivity contribution < 1.29 is 14.5 Å². The Bertz CT molecular complexity index is 1720. The fourth-order valence-electron chi connectivity index (χ4n) is 5.93. The van der Waals surface area contributed by atoms with E-state index in [0.717, 1.165) is 28.0 Å². The Morgan fingerprint density at radius 3 is 2.60 bits per heavy atom. The van der Waals surface area contributed by atoms with Crippen molar-refractivity contribution in [3.05, 3.63) is 115 Å². The van der Waals surface area contributed by atoms with Crippen molar-refractivity contribution in [2.75, 3.05) is 12.0 Å². The van der Waals surface area contributed by atoms with Gasteiger partial charge in [0.2, 0.25) is 0 Å². The van der Waals surface area contributed by atoms with E-state index in [1.54, 1.807) is 28.8 Å². The number of ether oxygens (including phenoxy) is 1. The molecule has 1 atom stereocenters. The molecule has 3 aromatic rings. The van der Waals surface area contributed by atoms with Gasteiger partial charge in [-0.15, -0.1) is 11.8 Å². The summed E-state index contributed by atoms with van der Waals surface area (Å²) in [6.45, 7) is 6.13. The number of nitriles is 1. The molecule has 42 heavy (non-hydrogen) atoms. The van der Waals surface area contributed by atoms with E-state index in [4.69, 9.17) is 10.5 Å². The minimum atomic E-state index is -0.659. The zero-order chi connectivity index (χ0) is 30.1. The largest absolute Gasteiger partial charge is 0.496 e. The number of allylic oxidation sites excluding steroid dienone is 3. The number of rotatable bonds is 7. The van der Waals surface area contributed by atoms with Crippen molar-refractivity contribution in [1.29, 1.82) is 5.26 Å². The zero-order valence-corrected chi connectivity index (χ0v) is 24.9. The molecule has 1 heterocycles. The topological polar surface area (TPSA) is 122 Å². The van der Waals surface area contributed by atoms with Crippen molar-refractivity contribution >= 4 is 28.9 Å². The predicted molar refractivity (Wildman–Crippen MR) is 164 cm³/mol. The Labute approximate surface area is 249 Å². The number of nitrogens with two attached hydrogens (primary N) is 1. The van der Waals surface area contributed by atoms with Crippen LogP contribution in [0, 0.1) is 42.2 Å². The maximum absolute atomic E-state index is 13.7. The molecule has 0 saturated carbocycles.